The summed E-state index contributed by atoms with van der Waals surface area (Å²) < 4.78 is 16.2. The van der Waals surface area contributed by atoms with Gasteiger partial charge < -0.3 is 60.2 Å². The number of aliphatic hydroxyl groups is 5. The molecule has 2 aliphatic heterocycles. The maximum Gasteiger partial charge on any atom is 0.276 e. The zero-order chi connectivity index (χ0) is 24.9. The molecule has 0 amide bonds. The van der Waals surface area contributed by atoms with Gasteiger partial charge in [-0.05, 0) is 12.1 Å². The number of Topliss-reactive ketones (excluding diaryl/α,β-unsaturated/α-hetero) is 1. The van der Waals surface area contributed by atoms with E-state index in [2.05, 4.69) is 0 Å². The highest BCUT2D eigenvalue weighted by Crippen LogP contribution is 2.48. The van der Waals surface area contributed by atoms with Crippen LogP contribution in [0.3, 0.4) is 0 Å². The highest BCUT2D eigenvalue weighted by atomic mass is 16.8. The first-order chi connectivity index (χ1) is 16.0. The minimum Gasteiger partial charge on any atom is -0.508 e. The maximum absolute atomic E-state index is 13.4. The molecule has 13 nitrogen and oxygen atoms in total. The number of carbonyl (C=O) groups excluding carboxylic acids is 1. The molecule has 4 rings (SSSR count). The van der Waals surface area contributed by atoms with Crippen molar-refractivity contribution in [3.05, 3.63) is 41.5 Å². The zero-order valence-corrected chi connectivity index (χ0v) is 17.2. The van der Waals surface area contributed by atoms with Crippen LogP contribution < -0.4 is 4.74 Å². The number of aromatic hydroxyl groups is 4. The summed E-state index contributed by atoms with van der Waals surface area (Å²) in [6.45, 7) is -0.814. The first-order valence-corrected chi connectivity index (χ1v) is 9.98. The number of ether oxygens (including phenoxy) is 3. The van der Waals surface area contributed by atoms with Gasteiger partial charge in [-0.15, -0.1) is 0 Å². The molecular weight excluding hydrogens is 460 g/mol. The van der Waals surface area contributed by atoms with E-state index in [1.807, 2.05) is 0 Å². The summed E-state index contributed by atoms with van der Waals surface area (Å²) in [4.78, 5) is 13.4. The Bertz CT molecular complexity index is 1100. The summed E-state index contributed by atoms with van der Waals surface area (Å²) in [7, 11) is 0. The van der Waals surface area contributed by atoms with Crippen molar-refractivity contribution in [1.82, 2.24) is 0 Å². The number of phenols is 4. The molecule has 2 unspecified atom stereocenters. The van der Waals surface area contributed by atoms with Crippen LogP contribution in [0.4, 0.5) is 0 Å². The molecule has 1 fully saturated rings. The second-order valence-corrected chi connectivity index (χ2v) is 7.92. The van der Waals surface area contributed by atoms with Crippen molar-refractivity contribution in [1.29, 1.82) is 0 Å². The average molecular weight is 482 g/mol. The lowest BCUT2D eigenvalue weighted by Crippen LogP contribution is -2.63. The van der Waals surface area contributed by atoms with Gasteiger partial charge in [-0.3, -0.25) is 4.79 Å². The second kappa shape index (κ2) is 8.56. The zero-order valence-electron chi connectivity index (χ0n) is 17.2. The summed E-state index contributed by atoms with van der Waals surface area (Å²) in [6, 6.07) is 4.93. The standard InChI is InChI=1S/C21H22O13/c22-6-13-15(27)16(28)17(29)20(33-13)34-21(31)18(30)14-11(26)4-8(23)5-12(14)32-19(21)7-1-2-9(24)10(25)3-7/h1-5,13,15-17,19-20,22-29,31H,6H2/t13-,15+,16+,17-,19?,20+,21?/m1/s1. The van der Waals surface area contributed by atoms with Gasteiger partial charge in [0, 0.05) is 17.7 Å². The van der Waals surface area contributed by atoms with Crippen molar-refractivity contribution < 1.29 is 65.0 Å². The topological polar surface area (TPSA) is 227 Å². The monoisotopic (exact) mass is 482 g/mol. The van der Waals surface area contributed by atoms with Crippen LogP contribution in [0.5, 0.6) is 28.7 Å². The largest absolute Gasteiger partial charge is 0.508 e. The Balaban J connectivity index is 1.81. The van der Waals surface area contributed by atoms with E-state index in [-0.39, 0.29) is 11.3 Å². The van der Waals surface area contributed by atoms with Crippen molar-refractivity contribution in [2.75, 3.05) is 6.61 Å². The maximum atomic E-state index is 13.4. The average Bonchev–Trinajstić information content (AvgIpc) is 2.78. The minimum absolute atomic E-state index is 0.121. The van der Waals surface area contributed by atoms with Crippen LogP contribution in [0.1, 0.15) is 22.0 Å². The van der Waals surface area contributed by atoms with E-state index in [0.717, 1.165) is 24.3 Å². The highest BCUT2D eigenvalue weighted by molar-refractivity contribution is 6.07. The normalized spacial score (nSPS) is 33.3. The molecule has 13 heteroatoms. The van der Waals surface area contributed by atoms with Gasteiger partial charge in [-0.2, -0.15) is 0 Å². The number of ketones is 1. The highest BCUT2D eigenvalue weighted by Gasteiger charge is 2.58. The van der Waals surface area contributed by atoms with Crippen molar-refractivity contribution in [2.45, 2.75) is 42.6 Å². The molecule has 2 aromatic rings. The molecule has 0 radical (unpaired) electrons. The van der Waals surface area contributed by atoms with Gasteiger partial charge in [0.1, 0.15) is 47.2 Å². The van der Waals surface area contributed by atoms with Crippen LogP contribution >= 0.6 is 0 Å². The lowest BCUT2D eigenvalue weighted by Gasteiger charge is -2.45. The van der Waals surface area contributed by atoms with E-state index in [1.165, 1.54) is 6.07 Å². The van der Waals surface area contributed by atoms with Gasteiger partial charge in [0.2, 0.25) is 5.78 Å². The van der Waals surface area contributed by atoms with E-state index in [9.17, 15) is 50.8 Å². The van der Waals surface area contributed by atoms with E-state index in [1.54, 1.807) is 0 Å². The fraction of sp³-hybridized carbons (Fsp3) is 0.381. The van der Waals surface area contributed by atoms with Crippen LogP contribution in [0, 0.1) is 0 Å². The van der Waals surface area contributed by atoms with Crippen molar-refractivity contribution >= 4 is 5.78 Å². The number of benzene rings is 2. The molecule has 2 aromatic carbocycles. The molecule has 9 N–H and O–H groups in total. The molecule has 2 heterocycles. The molecule has 0 saturated carbocycles. The molecule has 2 aliphatic rings. The molecule has 7 atom stereocenters. The SMILES string of the molecule is O=C1c2c(O)cc(O)cc2OC(c2ccc(O)c(O)c2)C1(O)O[C@@H]1O[C@H](CO)[C@H](O)[C@H](O)[C@H]1O. The number of hydrogen-bond donors (Lipinski definition) is 9. The predicted octanol–water partition coefficient (Wildman–Crippen LogP) is -1.67. The smallest absolute Gasteiger partial charge is 0.276 e. The fourth-order valence-corrected chi connectivity index (χ4v) is 3.87. The van der Waals surface area contributed by atoms with Crippen LogP contribution in [0.2, 0.25) is 0 Å². The van der Waals surface area contributed by atoms with E-state index in [4.69, 9.17) is 14.2 Å². The molecule has 1 saturated heterocycles. The van der Waals surface area contributed by atoms with Crippen LogP contribution in [-0.2, 0) is 9.47 Å². The summed E-state index contributed by atoms with van der Waals surface area (Å²) in [6.07, 6.45) is -10.9. The minimum atomic E-state index is -3.08. The number of carbonyl (C=O) groups is 1. The molecular formula is C21H22O13. The summed E-state index contributed by atoms with van der Waals surface area (Å²) in [5.41, 5.74) is -0.714. The lowest BCUT2D eigenvalue weighted by molar-refractivity contribution is -0.361. The summed E-state index contributed by atoms with van der Waals surface area (Å²) in [5.74, 6) is -7.17. The van der Waals surface area contributed by atoms with E-state index >= 15 is 0 Å². The van der Waals surface area contributed by atoms with E-state index in [0.29, 0.717) is 0 Å². The lowest BCUT2D eigenvalue weighted by atomic mass is 9.89. The van der Waals surface area contributed by atoms with Gasteiger partial charge in [0.15, 0.2) is 23.9 Å². The predicted molar refractivity (Wildman–Crippen MR) is 107 cm³/mol. The Labute approximate surface area is 190 Å². The quantitative estimate of drug-likeness (QED) is 0.176. The third kappa shape index (κ3) is 3.78. The Morgan fingerprint density at radius 2 is 1.62 bits per heavy atom. The number of fused-ring (bicyclic) bond motifs is 1. The fourth-order valence-electron chi connectivity index (χ4n) is 3.87. The van der Waals surface area contributed by atoms with Crippen molar-refractivity contribution in [3.63, 3.8) is 0 Å². The molecule has 0 aliphatic carbocycles. The molecule has 184 valence electrons. The summed E-state index contributed by atoms with van der Waals surface area (Å²) in [5, 5.41) is 90.6. The molecule has 34 heavy (non-hydrogen) atoms. The van der Waals surface area contributed by atoms with Gasteiger partial charge in [0.25, 0.3) is 5.79 Å². The third-order valence-electron chi connectivity index (χ3n) is 5.67. The van der Waals surface area contributed by atoms with Crippen molar-refractivity contribution in [3.8, 4) is 28.7 Å². The number of hydrogen-bond acceptors (Lipinski definition) is 13. The Morgan fingerprint density at radius 1 is 0.912 bits per heavy atom. The molecule has 0 aromatic heterocycles. The van der Waals surface area contributed by atoms with Gasteiger partial charge in [-0.1, -0.05) is 6.07 Å². The number of aliphatic hydroxyl groups excluding tert-OH is 4. The third-order valence-corrected chi connectivity index (χ3v) is 5.67. The van der Waals surface area contributed by atoms with Crippen LogP contribution in [0.25, 0.3) is 0 Å². The van der Waals surface area contributed by atoms with Gasteiger partial charge >= 0.3 is 0 Å². The molecule has 0 spiro atoms. The Kier molecular flexibility index (Phi) is 6.03. The number of phenolic OH excluding ortho intramolecular Hbond substituents is 4. The van der Waals surface area contributed by atoms with E-state index < -0.39 is 83.5 Å². The second-order valence-electron chi connectivity index (χ2n) is 7.92. The van der Waals surface area contributed by atoms with Crippen LogP contribution in [0.15, 0.2) is 30.3 Å². The Morgan fingerprint density at radius 3 is 2.26 bits per heavy atom. The van der Waals surface area contributed by atoms with Gasteiger partial charge in [0.05, 0.1) is 6.61 Å². The Hall–Kier alpha value is -3.17. The first-order valence-electron chi connectivity index (χ1n) is 9.98. The first kappa shape index (κ1) is 24.0. The molecule has 0 bridgehead atoms. The van der Waals surface area contributed by atoms with Crippen molar-refractivity contribution in [2.24, 2.45) is 0 Å². The summed E-state index contributed by atoms with van der Waals surface area (Å²) >= 11 is 0. The number of rotatable bonds is 4. The van der Waals surface area contributed by atoms with Gasteiger partial charge in [-0.25, -0.2) is 0 Å². The van der Waals surface area contributed by atoms with Crippen LogP contribution in [-0.4, -0.2) is 94.8 Å².